The Labute approximate surface area is 144 Å². The molecule has 7 heteroatoms. The van der Waals surface area contributed by atoms with E-state index in [0.717, 1.165) is 23.4 Å². The van der Waals surface area contributed by atoms with Gasteiger partial charge in [0.2, 0.25) is 0 Å². The smallest absolute Gasteiger partial charge is 0.328 e. The van der Waals surface area contributed by atoms with E-state index in [1.165, 1.54) is 18.1 Å². The molecule has 3 N–H and O–H groups in total. The highest BCUT2D eigenvalue weighted by Gasteiger charge is 2.39. The molecular weight excluding hydrogens is 327 g/mol. The zero-order valence-corrected chi connectivity index (χ0v) is 14.1. The number of aliphatic carboxylic acids is 2. The molecule has 1 aliphatic rings. The molecule has 0 saturated heterocycles. The van der Waals surface area contributed by atoms with Gasteiger partial charge < -0.3 is 20.1 Å². The summed E-state index contributed by atoms with van der Waals surface area (Å²) >= 11 is 0. The van der Waals surface area contributed by atoms with Crippen molar-refractivity contribution < 1.29 is 24.2 Å². The number of hydrogen-bond donors (Lipinski definition) is 3. The van der Waals surface area contributed by atoms with E-state index in [1.807, 2.05) is 12.3 Å². The molecule has 0 bridgehead atoms. The van der Waals surface area contributed by atoms with Gasteiger partial charge in [-0.15, -0.1) is 0 Å². The molecule has 1 saturated carbocycles. The number of rotatable bonds is 5. The summed E-state index contributed by atoms with van der Waals surface area (Å²) in [5, 5.41) is 16.7. The van der Waals surface area contributed by atoms with Gasteiger partial charge in [-0.25, -0.2) is 14.0 Å². The number of carboxylic acids is 2. The van der Waals surface area contributed by atoms with Gasteiger partial charge in [-0.05, 0) is 56.1 Å². The van der Waals surface area contributed by atoms with Crippen LogP contribution in [0.3, 0.4) is 0 Å². The average molecular weight is 348 g/mol. The lowest BCUT2D eigenvalue weighted by atomic mass is 10.1. The molecule has 0 aliphatic heterocycles. The van der Waals surface area contributed by atoms with E-state index in [0.29, 0.717) is 18.1 Å². The van der Waals surface area contributed by atoms with Crippen LogP contribution in [0.5, 0.6) is 0 Å². The number of benzene rings is 1. The Balaban J connectivity index is 0.000000242. The number of aromatic nitrogens is 1. The molecule has 3 rings (SSSR count). The van der Waals surface area contributed by atoms with Gasteiger partial charge in [0, 0.05) is 35.8 Å². The fourth-order valence-electron chi connectivity index (χ4n) is 2.86. The molecule has 1 heterocycles. The molecule has 0 unspecified atom stereocenters. The van der Waals surface area contributed by atoms with Crippen LogP contribution in [0.2, 0.25) is 0 Å². The van der Waals surface area contributed by atoms with Crippen LogP contribution in [0, 0.1) is 11.7 Å². The van der Waals surface area contributed by atoms with E-state index in [4.69, 9.17) is 10.2 Å². The van der Waals surface area contributed by atoms with Crippen LogP contribution in [0.15, 0.2) is 36.5 Å². The number of nitrogens with one attached hydrogen (secondary N) is 1. The van der Waals surface area contributed by atoms with Crippen molar-refractivity contribution in [1.29, 1.82) is 0 Å². The molecule has 1 aromatic heterocycles. The Morgan fingerprint density at radius 1 is 1.28 bits per heavy atom. The summed E-state index contributed by atoms with van der Waals surface area (Å²) < 4.78 is 13.3. The van der Waals surface area contributed by atoms with E-state index >= 15 is 0 Å². The number of halogens is 1. The van der Waals surface area contributed by atoms with Crippen molar-refractivity contribution >= 4 is 22.8 Å². The third-order valence-corrected chi connectivity index (χ3v) is 3.97. The molecule has 2 atom stereocenters. The van der Waals surface area contributed by atoms with Gasteiger partial charge in [0.05, 0.1) is 0 Å². The second-order valence-electron chi connectivity index (χ2n) is 6.31. The first kappa shape index (κ1) is 18.7. The number of carboxylic acid groups (broad SMARTS) is 2. The fraction of sp³-hybridized carbons (Fsp3) is 0.333. The monoisotopic (exact) mass is 348 g/mol. The van der Waals surface area contributed by atoms with E-state index in [9.17, 15) is 14.0 Å². The van der Waals surface area contributed by atoms with Crippen molar-refractivity contribution in [3.8, 4) is 0 Å². The summed E-state index contributed by atoms with van der Waals surface area (Å²) in [5.41, 5.74) is 2.32. The van der Waals surface area contributed by atoms with Crippen molar-refractivity contribution in [3.63, 3.8) is 0 Å². The number of nitrogens with zero attached hydrogens (tertiary/aromatic N) is 1. The molecule has 6 nitrogen and oxygen atoms in total. The number of aromatic amines is 1. The molecule has 25 heavy (non-hydrogen) atoms. The minimum Gasteiger partial charge on any atom is -0.478 e. The van der Waals surface area contributed by atoms with E-state index in [2.05, 4.69) is 24.0 Å². The maximum absolute atomic E-state index is 13.3. The normalized spacial score (nSPS) is 19.0. The first-order chi connectivity index (χ1) is 11.8. The Morgan fingerprint density at radius 2 is 1.92 bits per heavy atom. The topological polar surface area (TPSA) is 93.6 Å². The largest absolute Gasteiger partial charge is 0.478 e. The van der Waals surface area contributed by atoms with Crippen molar-refractivity contribution in [2.75, 3.05) is 20.6 Å². The van der Waals surface area contributed by atoms with Gasteiger partial charge in [0.1, 0.15) is 5.82 Å². The van der Waals surface area contributed by atoms with Crippen molar-refractivity contribution in [2.45, 2.75) is 12.3 Å². The summed E-state index contributed by atoms with van der Waals surface area (Å²) in [6.07, 6.45) is 4.39. The summed E-state index contributed by atoms with van der Waals surface area (Å²) in [6.45, 7) is 1.12. The number of hydrogen-bond acceptors (Lipinski definition) is 3. The van der Waals surface area contributed by atoms with Gasteiger partial charge in [0.15, 0.2) is 0 Å². The number of H-pyrrole nitrogens is 1. The summed E-state index contributed by atoms with van der Waals surface area (Å²) in [7, 11) is 4.20. The van der Waals surface area contributed by atoms with E-state index < -0.39 is 11.9 Å². The maximum Gasteiger partial charge on any atom is 0.328 e. The van der Waals surface area contributed by atoms with Crippen LogP contribution in [-0.2, 0) is 9.59 Å². The minimum atomic E-state index is -1.26. The van der Waals surface area contributed by atoms with Gasteiger partial charge in [-0.2, -0.15) is 0 Å². The van der Waals surface area contributed by atoms with Gasteiger partial charge in [-0.1, -0.05) is 0 Å². The first-order valence-electron chi connectivity index (χ1n) is 7.83. The zero-order chi connectivity index (χ0) is 18.6. The first-order valence-corrected chi connectivity index (χ1v) is 7.83. The lowest BCUT2D eigenvalue weighted by Gasteiger charge is -2.08. The van der Waals surface area contributed by atoms with Gasteiger partial charge >= 0.3 is 11.9 Å². The molecule has 0 spiro atoms. The zero-order valence-electron chi connectivity index (χ0n) is 14.1. The van der Waals surface area contributed by atoms with Crippen LogP contribution >= 0.6 is 0 Å². The summed E-state index contributed by atoms with van der Waals surface area (Å²) in [5.74, 6) is -1.33. The number of carbonyl (C=O) groups is 2. The summed E-state index contributed by atoms with van der Waals surface area (Å²) in [4.78, 5) is 24.6. The quantitative estimate of drug-likeness (QED) is 0.722. The molecule has 1 aliphatic carbocycles. The molecule has 134 valence electrons. The Hall–Kier alpha value is -2.67. The van der Waals surface area contributed by atoms with Crippen LogP contribution in [0.25, 0.3) is 10.9 Å². The molecule has 2 aromatic rings. The standard InChI is InChI=1S/C14H17FN2.C4H4O4/c1-17(2)8-9-5-11(9)13-7-16-14-4-3-10(15)6-12(13)14;5-3(6)1-2-4(7)8/h3-4,6-7,9,11,16H,5,8H2,1-2H3;1-2H,(H,5,6)(H,7,8)/b;2-1-/t9-,11+;/m0./s1. The van der Waals surface area contributed by atoms with Crippen LogP contribution in [0.4, 0.5) is 4.39 Å². The summed E-state index contributed by atoms with van der Waals surface area (Å²) in [6, 6.07) is 4.97. The predicted molar refractivity (Wildman–Crippen MR) is 92.1 cm³/mol. The average Bonchev–Trinajstić information content (AvgIpc) is 3.13. The third-order valence-electron chi connectivity index (χ3n) is 3.97. The van der Waals surface area contributed by atoms with Gasteiger partial charge in [0.25, 0.3) is 0 Å². The Morgan fingerprint density at radius 3 is 2.48 bits per heavy atom. The predicted octanol–water partition coefficient (Wildman–Crippen LogP) is 2.68. The van der Waals surface area contributed by atoms with E-state index in [1.54, 1.807) is 6.07 Å². The minimum absolute atomic E-state index is 0.150. The lowest BCUT2D eigenvalue weighted by Crippen LogP contribution is -2.15. The Bertz CT molecular complexity index is 781. The van der Waals surface area contributed by atoms with Crippen molar-refractivity contribution in [3.05, 3.63) is 47.9 Å². The van der Waals surface area contributed by atoms with Crippen LogP contribution in [0.1, 0.15) is 17.9 Å². The molecule has 0 radical (unpaired) electrons. The fourth-order valence-corrected chi connectivity index (χ4v) is 2.86. The molecule has 1 fully saturated rings. The highest BCUT2D eigenvalue weighted by molar-refractivity contribution is 5.89. The second kappa shape index (κ2) is 7.94. The van der Waals surface area contributed by atoms with Crippen LogP contribution < -0.4 is 0 Å². The highest BCUT2D eigenvalue weighted by atomic mass is 19.1. The lowest BCUT2D eigenvalue weighted by molar-refractivity contribution is -0.134. The van der Waals surface area contributed by atoms with Crippen LogP contribution in [-0.4, -0.2) is 52.7 Å². The van der Waals surface area contributed by atoms with Crippen molar-refractivity contribution in [2.24, 2.45) is 5.92 Å². The SMILES string of the molecule is CN(C)C[C@@H]1C[C@H]1c1c[nH]c2ccc(F)cc12.O=C(O)/C=C\C(=O)O. The van der Waals surface area contributed by atoms with E-state index in [-0.39, 0.29) is 5.82 Å². The third kappa shape index (κ3) is 5.42. The molecule has 1 aromatic carbocycles. The van der Waals surface area contributed by atoms with Gasteiger partial charge in [-0.3, -0.25) is 0 Å². The highest BCUT2D eigenvalue weighted by Crippen LogP contribution is 2.49. The Kier molecular flexibility index (Phi) is 5.93. The molecule has 0 amide bonds. The van der Waals surface area contributed by atoms with Crippen molar-refractivity contribution in [1.82, 2.24) is 9.88 Å². The number of fused-ring (bicyclic) bond motifs is 1. The maximum atomic E-state index is 13.3. The molecular formula is C18H21FN2O4. The second-order valence-corrected chi connectivity index (χ2v) is 6.31.